The molecule has 0 aromatic carbocycles. The molecule has 3 rings (SSSR count). The van der Waals surface area contributed by atoms with Crippen molar-refractivity contribution in [3.8, 4) is 0 Å². The van der Waals surface area contributed by atoms with Gasteiger partial charge in [-0.3, -0.25) is 0 Å². The quantitative estimate of drug-likeness (QED) is 0.846. The third-order valence-corrected chi connectivity index (χ3v) is 4.15. The summed E-state index contributed by atoms with van der Waals surface area (Å²) in [6.07, 6.45) is 7.89. The van der Waals surface area contributed by atoms with Gasteiger partial charge >= 0.3 is 0 Å². The molecule has 1 aromatic heterocycles. The molecule has 88 valence electrons. The maximum absolute atomic E-state index is 6.19. The molecule has 2 fully saturated rings. The van der Waals surface area contributed by atoms with Gasteiger partial charge in [-0.15, -0.1) is 0 Å². The fourth-order valence-corrected chi connectivity index (χ4v) is 2.62. The number of aromatic nitrogens is 2. The molecule has 0 amide bonds. The predicted molar refractivity (Wildman–Crippen MR) is 59.8 cm³/mol. The highest BCUT2D eigenvalue weighted by Crippen LogP contribution is 2.51. The van der Waals surface area contributed by atoms with E-state index in [-0.39, 0.29) is 11.0 Å². The van der Waals surface area contributed by atoms with E-state index in [9.17, 15) is 0 Å². The van der Waals surface area contributed by atoms with E-state index in [0.29, 0.717) is 0 Å². The van der Waals surface area contributed by atoms with Gasteiger partial charge in [0.1, 0.15) is 0 Å². The first kappa shape index (κ1) is 10.3. The van der Waals surface area contributed by atoms with Crippen molar-refractivity contribution in [3.05, 3.63) is 11.7 Å². The van der Waals surface area contributed by atoms with Crippen LogP contribution in [0.3, 0.4) is 0 Å². The zero-order valence-corrected chi connectivity index (χ0v) is 9.83. The Kier molecular flexibility index (Phi) is 2.11. The summed E-state index contributed by atoms with van der Waals surface area (Å²) in [5.74, 6) is 1.57. The minimum Gasteiger partial charge on any atom is -0.339 e. The lowest BCUT2D eigenvalue weighted by Crippen LogP contribution is -2.44. The highest BCUT2D eigenvalue weighted by molar-refractivity contribution is 5.18. The largest absolute Gasteiger partial charge is 0.339 e. The Morgan fingerprint density at radius 1 is 1.31 bits per heavy atom. The average molecular weight is 221 g/mol. The first-order valence-corrected chi connectivity index (χ1v) is 6.32. The zero-order chi connectivity index (χ0) is 11.2. The van der Waals surface area contributed by atoms with Crippen molar-refractivity contribution in [1.29, 1.82) is 0 Å². The summed E-state index contributed by atoms with van der Waals surface area (Å²) in [6.45, 7) is 2.20. The van der Waals surface area contributed by atoms with Crippen LogP contribution in [0.15, 0.2) is 4.52 Å². The third kappa shape index (κ3) is 1.39. The van der Waals surface area contributed by atoms with E-state index >= 15 is 0 Å². The molecule has 16 heavy (non-hydrogen) atoms. The molecule has 4 heteroatoms. The minimum atomic E-state index is -0.288. The van der Waals surface area contributed by atoms with Crippen LogP contribution in [0.25, 0.3) is 0 Å². The first-order chi connectivity index (χ1) is 7.69. The number of hydrogen-bond acceptors (Lipinski definition) is 4. The second-order valence-electron chi connectivity index (χ2n) is 5.46. The molecule has 0 atom stereocenters. The van der Waals surface area contributed by atoms with E-state index in [1.807, 2.05) is 0 Å². The average Bonchev–Trinajstić information content (AvgIpc) is 2.84. The summed E-state index contributed by atoms with van der Waals surface area (Å²) in [4.78, 5) is 4.55. The van der Waals surface area contributed by atoms with Crippen molar-refractivity contribution >= 4 is 0 Å². The van der Waals surface area contributed by atoms with E-state index in [4.69, 9.17) is 10.3 Å². The van der Waals surface area contributed by atoms with Crippen molar-refractivity contribution in [3.63, 3.8) is 0 Å². The van der Waals surface area contributed by atoms with Crippen LogP contribution < -0.4 is 5.73 Å². The molecule has 0 spiro atoms. The number of nitrogens with zero attached hydrogens (tertiary/aromatic N) is 2. The molecule has 1 aromatic rings. The van der Waals surface area contributed by atoms with E-state index < -0.39 is 0 Å². The molecule has 0 unspecified atom stereocenters. The van der Waals surface area contributed by atoms with E-state index in [2.05, 4.69) is 17.1 Å². The molecule has 2 aliphatic rings. The SMILES string of the molecule is CCCC1(c2nc(C3(N)CCC3)no2)CC1. The first-order valence-electron chi connectivity index (χ1n) is 6.32. The molecule has 2 aliphatic carbocycles. The predicted octanol–water partition coefficient (Wildman–Crippen LogP) is 2.24. The Hall–Kier alpha value is -0.900. The van der Waals surface area contributed by atoms with E-state index in [1.165, 1.54) is 25.7 Å². The topological polar surface area (TPSA) is 64.9 Å². The fourth-order valence-electron chi connectivity index (χ4n) is 2.62. The van der Waals surface area contributed by atoms with Crippen LogP contribution in [0.2, 0.25) is 0 Å². The highest BCUT2D eigenvalue weighted by Gasteiger charge is 2.49. The van der Waals surface area contributed by atoms with Crippen molar-refractivity contribution in [2.24, 2.45) is 5.73 Å². The Balaban J connectivity index is 1.83. The van der Waals surface area contributed by atoms with Gasteiger partial charge in [-0.05, 0) is 38.5 Å². The Bertz CT molecular complexity index is 391. The third-order valence-electron chi connectivity index (χ3n) is 4.15. The Labute approximate surface area is 95.6 Å². The van der Waals surface area contributed by atoms with E-state index in [1.54, 1.807) is 0 Å². The number of hydrogen-bond donors (Lipinski definition) is 1. The van der Waals surface area contributed by atoms with Crippen LogP contribution in [0.4, 0.5) is 0 Å². The van der Waals surface area contributed by atoms with Gasteiger partial charge < -0.3 is 10.3 Å². The van der Waals surface area contributed by atoms with Crippen LogP contribution in [-0.2, 0) is 11.0 Å². The van der Waals surface area contributed by atoms with Crippen LogP contribution in [0.5, 0.6) is 0 Å². The van der Waals surface area contributed by atoms with Crippen molar-refractivity contribution in [2.75, 3.05) is 0 Å². The minimum absolute atomic E-state index is 0.208. The van der Waals surface area contributed by atoms with Gasteiger partial charge in [0.25, 0.3) is 0 Å². The van der Waals surface area contributed by atoms with Gasteiger partial charge in [0.05, 0.1) is 5.54 Å². The lowest BCUT2D eigenvalue weighted by atomic mass is 9.77. The van der Waals surface area contributed by atoms with Crippen LogP contribution >= 0.6 is 0 Å². The second-order valence-corrected chi connectivity index (χ2v) is 5.46. The monoisotopic (exact) mass is 221 g/mol. The Morgan fingerprint density at radius 2 is 2.06 bits per heavy atom. The van der Waals surface area contributed by atoms with E-state index in [0.717, 1.165) is 31.0 Å². The summed E-state index contributed by atoms with van der Waals surface area (Å²) >= 11 is 0. The van der Waals surface area contributed by atoms with Gasteiger partial charge in [0, 0.05) is 5.41 Å². The van der Waals surface area contributed by atoms with Crippen LogP contribution in [0.1, 0.15) is 63.6 Å². The van der Waals surface area contributed by atoms with Gasteiger partial charge in [-0.2, -0.15) is 4.98 Å². The molecule has 0 radical (unpaired) electrons. The normalized spacial score (nSPS) is 25.1. The molecule has 0 bridgehead atoms. The lowest BCUT2D eigenvalue weighted by Gasteiger charge is -2.34. The zero-order valence-electron chi connectivity index (χ0n) is 9.83. The summed E-state index contributed by atoms with van der Waals surface area (Å²) in [5.41, 5.74) is 6.11. The number of rotatable bonds is 4. The summed E-state index contributed by atoms with van der Waals surface area (Å²) in [7, 11) is 0. The summed E-state index contributed by atoms with van der Waals surface area (Å²) in [5, 5.41) is 4.09. The molecular formula is C12H19N3O. The molecule has 2 saturated carbocycles. The molecular weight excluding hydrogens is 202 g/mol. The van der Waals surface area contributed by atoms with Gasteiger partial charge in [0.15, 0.2) is 5.82 Å². The number of nitrogens with two attached hydrogens (primary N) is 1. The van der Waals surface area contributed by atoms with Crippen LogP contribution in [0, 0.1) is 0 Å². The highest BCUT2D eigenvalue weighted by atomic mass is 16.5. The standard InChI is InChI=1S/C12H19N3O/c1-2-4-11(7-8-11)10-14-9(15-16-10)12(13)5-3-6-12/h2-8,13H2,1H3. The van der Waals surface area contributed by atoms with Crippen molar-refractivity contribution in [2.45, 2.75) is 62.8 Å². The lowest BCUT2D eigenvalue weighted by molar-refractivity contribution is 0.228. The van der Waals surface area contributed by atoms with Crippen molar-refractivity contribution < 1.29 is 4.52 Å². The van der Waals surface area contributed by atoms with Gasteiger partial charge in [-0.25, -0.2) is 0 Å². The molecule has 0 aliphatic heterocycles. The fraction of sp³-hybridized carbons (Fsp3) is 0.833. The Morgan fingerprint density at radius 3 is 2.56 bits per heavy atom. The molecule has 1 heterocycles. The summed E-state index contributed by atoms with van der Waals surface area (Å²) < 4.78 is 5.43. The second kappa shape index (κ2) is 3.29. The maximum Gasteiger partial charge on any atom is 0.232 e. The smallest absolute Gasteiger partial charge is 0.232 e. The van der Waals surface area contributed by atoms with Crippen molar-refractivity contribution in [1.82, 2.24) is 10.1 Å². The molecule has 2 N–H and O–H groups in total. The molecule has 4 nitrogen and oxygen atoms in total. The van der Waals surface area contributed by atoms with Crippen LogP contribution in [-0.4, -0.2) is 10.1 Å². The summed E-state index contributed by atoms with van der Waals surface area (Å²) in [6, 6.07) is 0. The van der Waals surface area contributed by atoms with Gasteiger partial charge in [-0.1, -0.05) is 18.5 Å². The van der Waals surface area contributed by atoms with Gasteiger partial charge in [0.2, 0.25) is 5.89 Å². The molecule has 0 saturated heterocycles. The maximum atomic E-state index is 6.19.